The minimum Gasteiger partial charge on any atom is -1.00 e. The van der Waals surface area contributed by atoms with Crippen LogP contribution >= 0.6 is 0 Å². The van der Waals surface area contributed by atoms with Crippen molar-refractivity contribution in [1.29, 1.82) is 0 Å². The minimum absolute atomic E-state index is 0. The Hall–Kier alpha value is 0.331. The molecular formula is C16H30Cl2NOSiV-. The quantitative estimate of drug-likeness (QED) is 0.311. The second-order valence-electron chi connectivity index (χ2n) is 6.08. The van der Waals surface area contributed by atoms with Crippen LogP contribution in [-0.4, -0.2) is 14.0 Å². The van der Waals surface area contributed by atoms with Crippen LogP contribution in [0.4, 0.5) is 0 Å². The van der Waals surface area contributed by atoms with Gasteiger partial charge in [0.15, 0.2) is 0 Å². The number of allylic oxidation sites excluding steroid dienone is 4. The molecule has 0 bridgehead atoms. The molecule has 1 aliphatic carbocycles. The monoisotopic (exact) mass is 401 g/mol. The number of amides is 1. The van der Waals surface area contributed by atoms with E-state index in [0.717, 1.165) is 19.3 Å². The third-order valence-corrected chi connectivity index (χ3v) is 4.99. The summed E-state index contributed by atoms with van der Waals surface area (Å²) in [6.07, 6.45) is 15.3. The molecule has 0 atom stereocenters. The van der Waals surface area contributed by atoms with Crippen molar-refractivity contribution in [1.82, 2.24) is 0 Å². The zero-order valence-electron chi connectivity index (χ0n) is 14.3. The summed E-state index contributed by atoms with van der Waals surface area (Å²) in [5.41, 5.74) is 4.97. The zero-order chi connectivity index (χ0) is 14.7. The van der Waals surface area contributed by atoms with Gasteiger partial charge in [0.1, 0.15) is 0 Å². The molecular weight excluding hydrogens is 372 g/mol. The molecule has 0 unspecified atom stereocenters. The zero-order valence-corrected chi connectivity index (χ0v) is 18.2. The molecule has 1 rings (SSSR count). The summed E-state index contributed by atoms with van der Waals surface area (Å²) in [6.45, 7) is 9.23. The van der Waals surface area contributed by atoms with Gasteiger partial charge >= 0.3 is 18.6 Å². The number of primary amides is 1. The van der Waals surface area contributed by atoms with Crippen molar-refractivity contribution in [3.63, 3.8) is 0 Å². The first kappa shape index (κ1) is 30.2. The summed E-state index contributed by atoms with van der Waals surface area (Å²) in [6, 6.07) is 0. The second-order valence-corrected chi connectivity index (χ2v) is 11.1. The molecule has 129 valence electrons. The molecule has 1 amide bonds. The number of carbonyl (C=O) groups excluding carboxylic acids is 1. The first-order valence-electron chi connectivity index (χ1n) is 7.44. The van der Waals surface area contributed by atoms with Crippen LogP contribution in [0.5, 0.6) is 0 Å². The van der Waals surface area contributed by atoms with Crippen molar-refractivity contribution >= 4 is 14.0 Å². The fourth-order valence-electron chi connectivity index (χ4n) is 1.82. The van der Waals surface area contributed by atoms with Crippen molar-refractivity contribution < 1.29 is 48.2 Å². The Bertz CT molecular complexity index is 329. The summed E-state index contributed by atoms with van der Waals surface area (Å²) in [7, 11) is -1.01. The molecule has 0 saturated carbocycles. The van der Waals surface area contributed by atoms with E-state index in [2.05, 4.69) is 44.8 Å². The summed E-state index contributed by atoms with van der Waals surface area (Å²) in [4.78, 5) is 10.3. The van der Waals surface area contributed by atoms with E-state index >= 15 is 0 Å². The van der Waals surface area contributed by atoms with Gasteiger partial charge in [-0.1, -0.05) is 52.2 Å². The van der Waals surface area contributed by atoms with Gasteiger partial charge in [-0.15, -0.1) is 6.42 Å². The van der Waals surface area contributed by atoms with E-state index in [1.807, 2.05) is 0 Å². The summed E-state index contributed by atoms with van der Waals surface area (Å²) in [5.74, 6) is -0.170. The van der Waals surface area contributed by atoms with Crippen molar-refractivity contribution in [2.24, 2.45) is 5.73 Å². The molecule has 22 heavy (non-hydrogen) atoms. The van der Waals surface area contributed by atoms with Gasteiger partial charge in [-0.25, -0.2) is 11.3 Å². The van der Waals surface area contributed by atoms with Crippen LogP contribution in [0.2, 0.25) is 19.6 Å². The largest absolute Gasteiger partial charge is 2.00 e. The van der Waals surface area contributed by atoms with E-state index in [1.54, 1.807) is 0 Å². The third-order valence-electron chi connectivity index (χ3n) is 3.03. The van der Waals surface area contributed by atoms with Crippen LogP contribution in [0.25, 0.3) is 0 Å². The molecule has 0 heterocycles. The van der Waals surface area contributed by atoms with Gasteiger partial charge in [0.25, 0.3) is 0 Å². The van der Waals surface area contributed by atoms with E-state index in [1.165, 1.54) is 24.5 Å². The number of unbranched alkanes of at least 4 members (excludes halogenated alkanes) is 4. The fourth-order valence-corrected chi connectivity index (χ4v) is 3.07. The Labute approximate surface area is 162 Å². The third kappa shape index (κ3) is 18.4. The van der Waals surface area contributed by atoms with Crippen LogP contribution in [0.15, 0.2) is 17.3 Å². The average molecular weight is 402 g/mol. The van der Waals surface area contributed by atoms with Crippen LogP contribution in [0.1, 0.15) is 51.9 Å². The van der Waals surface area contributed by atoms with E-state index in [9.17, 15) is 4.79 Å². The van der Waals surface area contributed by atoms with E-state index < -0.39 is 8.07 Å². The fraction of sp³-hybridized carbons (Fsp3) is 0.688. The molecule has 1 aliphatic rings. The maximum atomic E-state index is 10.3. The van der Waals surface area contributed by atoms with E-state index in [-0.39, 0.29) is 49.3 Å². The van der Waals surface area contributed by atoms with Crippen LogP contribution in [0.3, 0.4) is 0 Å². The Balaban J connectivity index is -0.000000130. The topological polar surface area (TPSA) is 43.1 Å². The second kappa shape index (κ2) is 17.7. The Morgan fingerprint density at radius 1 is 1.18 bits per heavy atom. The summed E-state index contributed by atoms with van der Waals surface area (Å²) < 4.78 is 0. The molecule has 0 aliphatic heterocycles. The first-order chi connectivity index (χ1) is 8.88. The number of rotatable bonds is 7. The molecule has 1 radical (unpaired) electrons. The Morgan fingerprint density at radius 3 is 2.05 bits per heavy atom. The van der Waals surface area contributed by atoms with Crippen molar-refractivity contribution in [2.45, 2.75) is 71.5 Å². The van der Waals surface area contributed by atoms with Gasteiger partial charge in [0.2, 0.25) is 5.91 Å². The predicted octanol–water partition coefficient (Wildman–Crippen LogP) is -1.61. The van der Waals surface area contributed by atoms with E-state index in [4.69, 9.17) is 5.73 Å². The molecule has 6 heteroatoms. The molecule has 0 aromatic heterocycles. The van der Waals surface area contributed by atoms with Crippen molar-refractivity contribution in [2.75, 3.05) is 0 Å². The molecule has 2 N–H and O–H groups in total. The SMILES string of the molecule is CCCCCCCC(N)=O.C[Si](C)(C)C1=[C-]CC=C1.[Cl-].[Cl-].[V+2]. The molecule has 0 aromatic rings. The van der Waals surface area contributed by atoms with Crippen LogP contribution in [0, 0.1) is 6.08 Å². The van der Waals surface area contributed by atoms with Crippen molar-refractivity contribution in [3.8, 4) is 0 Å². The number of hydrogen-bond acceptors (Lipinski definition) is 1. The average Bonchev–Trinajstić information content (AvgIpc) is 2.82. The van der Waals surface area contributed by atoms with Crippen molar-refractivity contribution in [3.05, 3.63) is 23.4 Å². The van der Waals surface area contributed by atoms with Crippen LogP contribution < -0.4 is 30.5 Å². The maximum Gasteiger partial charge on any atom is 2.00 e. The number of hydrogen-bond donors (Lipinski definition) is 1. The first-order valence-corrected chi connectivity index (χ1v) is 10.9. The smallest absolute Gasteiger partial charge is 1.00 e. The molecule has 0 aromatic carbocycles. The minimum atomic E-state index is -1.01. The molecule has 0 fully saturated rings. The van der Waals surface area contributed by atoms with Gasteiger partial charge in [0, 0.05) is 14.5 Å². The molecule has 2 nitrogen and oxygen atoms in total. The van der Waals surface area contributed by atoms with E-state index in [0.29, 0.717) is 6.42 Å². The van der Waals surface area contributed by atoms with Gasteiger partial charge in [-0.2, -0.15) is 6.08 Å². The van der Waals surface area contributed by atoms with Gasteiger partial charge in [-0.05, 0) is 6.42 Å². The normalized spacial score (nSPS) is 11.9. The summed E-state index contributed by atoms with van der Waals surface area (Å²) in [5, 5.41) is 1.49. The Kier molecular flexibility index (Phi) is 24.3. The molecule has 0 spiro atoms. The predicted molar refractivity (Wildman–Crippen MR) is 86.4 cm³/mol. The number of carbonyl (C=O) groups is 1. The number of nitrogens with two attached hydrogens (primary N) is 1. The van der Waals surface area contributed by atoms with Gasteiger partial charge in [-0.3, -0.25) is 10.9 Å². The standard InChI is InChI=1S/C8H17NO.C8H13Si.2ClH.V/c1-2-3-4-5-6-7-8(9)10;1-9(2,3)8-6-4-5-7-8;;;/h2-7H2,1H3,(H2,9,10);4,6H,5H2,1-3H3;2*1H;/q;-1;;;+2/p-2. The van der Waals surface area contributed by atoms with Gasteiger partial charge < -0.3 is 30.5 Å². The maximum absolute atomic E-state index is 10.3. The molecule has 0 saturated heterocycles. The summed E-state index contributed by atoms with van der Waals surface area (Å²) >= 11 is 0. The van der Waals surface area contributed by atoms with Gasteiger partial charge in [0.05, 0.1) is 0 Å². The Morgan fingerprint density at radius 2 is 1.73 bits per heavy atom. The number of halogens is 2. The van der Waals surface area contributed by atoms with Crippen LogP contribution in [-0.2, 0) is 23.4 Å².